The largest absolute Gasteiger partial charge is 0.0616 e. The third kappa shape index (κ3) is 5.32. The first-order valence-corrected chi connectivity index (χ1v) is 14.7. The highest BCUT2D eigenvalue weighted by molar-refractivity contribution is 6.03. The van der Waals surface area contributed by atoms with Crippen molar-refractivity contribution in [2.45, 2.75) is 64.2 Å². The summed E-state index contributed by atoms with van der Waals surface area (Å²) < 4.78 is 0. The van der Waals surface area contributed by atoms with Crippen LogP contribution in [-0.4, -0.2) is 0 Å². The van der Waals surface area contributed by atoms with Crippen molar-refractivity contribution in [3.05, 3.63) is 120 Å². The van der Waals surface area contributed by atoms with Gasteiger partial charge in [-0.1, -0.05) is 136 Å². The molecule has 0 saturated carbocycles. The van der Waals surface area contributed by atoms with Gasteiger partial charge in [0.2, 0.25) is 0 Å². The van der Waals surface area contributed by atoms with E-state index in [9.17, 15) is 0 Å². The van der Waals surface area contributed by atoms with Crippen LogP contribution in [0.3, 0.4) is 0 Å². The van der Waals surface area contributed by atoms with Crippen LogP contribution in [0.2, 0.25) is 0 Å². The summed E-state index contributed by atoms with van der Waals surface area (Å²) in [6, 6.07) is 40.3. The van der Waals surface area contributed by atoms with Crippen LogP contribution in [0.1, 0.15) is 62.5 Å². The molecule has 0 unspecified atom stereocenters. The average Bonchev–Trinajstić information content (AvgIpc) is 2.97. The Bertz CT molecular complexity index is 1440. The summed E-state index contributed by atoms with van der Waals surface area (Å²) in [5, 5.41) is 11.2. The van der Waals surface area contributed by atoms with Gasteiger partial charge in [-0.15, -0.1) is 0 Å². The Hall–Kier alpha value is -3.64. The van der Waals surface area contributed by atoms with Crippen LogP contribution in [0.25, 0.3) is 43.1 Å². The molecule has 0 aromatic heterocycles. The average molecular weight is 495 g/mol. The van der Waals surface area contributed by atoms with Crippen molar-refractivity contribution in [1.29, 1.82) is 0 Å². The maximum Gasteiger partial charge on any atom is -0.0146 e. The third-order valence-corrected chi connectivity index (χ3v) is 8.37. The minimum Gasteiger partial charge on any atom is -0.0616 e. The summed E-state index contributed by atoms with van der Waals surface area (Å²) in [4.78, 5) is 0. The van der Waals surface area contributed by atoms with Crippen molar-refractivity contribution in [2.75, 3.05) is 0 Å². The van der Waals surface area contributed by atoms with Crippen LogP contribution in [0, 0.1) is 0 Å². The van der Waals surface area contributed by atoms with Gasteiger partial charge in [-0.3, -0.25) is 0 Å². The van der Waals surface area contributed by atoms with Gasteiger partial charge in [0.25, 0.3) is 0 Å². The Morgan fingerprint density at radius 1 is 0.289 bits per heavy atom. The SMILES string of the molecule is c1ccc2c(CCCCCCCCCCc3c4ccccc4cc4ccccc34)c3ccccc3cc2c1. The van der Waals surface area contributed by atoms with Gasteiger partial charge >= 0.3 is 0 Å². The molecule has 6 rings (SSSR count). The summed E-state index contributed by atoms with van der Waals surface area (Å²) in [6.45, 7) is 0. The highest BCUT2D eigenvalue weighted by Crippen LogP contribution is 2.31. The second-order valence-corrected chi connectivity index (χ2v) is 10.9. The second-order valence-electron chi connectivity index (χ2n) is 10.9. The molecule has 0 spiro atoms. The fourth-order valence-corrected chi connectivity index (χ4v) is 6.42. The molecular formula is C38H38. The summed E-state index contributed by atoms with van der Waals surface area (Å²) >= 11 is 0. The Kier molecular flexibility index (Phi) is 7.68. The Labute approximate surface area is 227 Å². The lowest BCUT2D eigenvalue weighted by Crippen LogP contribution is -1.92. The van der Waals surface area contributed by atoms with Crippen LogP contribution in [-0.2, 0) is 12.8 Å². The van der Waals surface area contributed by atoms with Gasteiger partial charge in [0.1, 0.15) is 0 Å². The first-order chi connectivity index (χ1) is 18.9. The molecule has 0 heterocycles. The van der Waals surface area contributed by atoms with E-state index in [1.807, 2.05) is 0 Å². The molecule has 0 aliphatic carbocycles. The Balaban J connectivity index is 0.964. The van der Waals surface area contributed by atoms with E-state index in [2.05, 4.69) is 109 Å². The van der Waals surface area contributed by atoms with E-state index in [-0.39, 0.29) is 0 Å². The molecule has 0 aliphatic rings. The molecule has 0 fully saturated rings. The minimum absolute atomic E-state index is 1.18. The van der Waals surface area contributed by atoms with E-state index >= 15 is 0 Å². The zero-order valence-electron chi connectivity index (χ0n) is 22.5. The molecule has 0 amide bonds. The predicted octanol–water partition coefficient (Wildman–Crippen LogP) is 11.2. The zero-order valence-corrected chi connectivity index (χ0v) is 22.5. The summed E-state index contributed by atoms with van der Waals surface area (Å²) in [5.41, 5.74) is 3.08. The normalized spacial score (nSPS) is 11.7. The number of benzene rings is 6. The van der Waals surface area contributed by atoms with Crippen molar-refractivity contribution >= 4 is 43.1 Å². The third-order valence-electron chi connectivity index (χ3n) is 8.37. The number of aryl methyl sites for hydroxylation is 2. The Morgan fingerprint density at radius 3 is 0.868 bits per heavy atom. The fraction of sp³-hybridized carbons (Fsp3) is 0.263. The Morgan fingerprint density at radius 2 is 0.553 bits per heavy atom. The molecule has 0 aliphatic heterocycles. The van der Waals surface area contributed by atoms with E-state index < -0.39 is 0 Å². The molecule has 0 radical (unpaired) electrons. The highest BCUT2D eigenvalue weighted by atomic mass is 14.1. The van der Waals surface area contributed by atoms with E-state index in [1.165, 1.54) is 107 Å². The smallest absolute Gasteiger partial charge is 0.0146 e. The van der Waals surface area contributed by atoms with Crippen molar-refractivity contribution in [3.8, 4) is 0 Å². The second kappa shape index (κ2) is 11.8. The van der Waals surface area contributed by atoms with Gasteiger partial charge in [0, 0.05) is 0 Å². The molecule has 0 atom stereocenters. The summed E-state index contributed by atoms with van der Waals surface area (Å²) in [7, 11) is 0. The van der Waals surface area contributed by atoms with Crippen molar-refractivity contribution < 1.29 is 0 Å². The van der Waals surface area contributed by atoms with E-state index in [4.69, 9.17) is 0 Å². The molecule has 0 nitrogen and oxygen atoms in total. The van der Waals surface area contributed by atoms with Crippen molar-refractivity contribution in [2.24, 2.45) is 0 Å². The molecule has 38 heavy (non-hydrogen) atoms. The lowest BCUT2D eigenvalue weighted by atomic mass is 9.92. The lowest BCUT2D eigenvalue weighted by Gasteiger charge is -2.12. The molecule has 0 heteroatoms. The molecule has 0 bridgehead atoms. The van der Waals surface area contributed by atoms with E-state index in [0.29, 0.717) is 0 Å². The van der Waals surface area contributed by atoms with Crippen LogP contribution in [0.15, 0.2) is 109 Å². The molecule has 0 saturated heterocycles. The summed E-state index contributed by atoms with van der Waals surface area (Å²) in [5.74, 6) is 0. The number of fused-ring (bicyclic) bond motifs is 4. The van der Waals surface area contributed by atoms with Crippen LogP contribution >= 0.6 is 0 Å². The van der Waals surface area contributed by atoms with Gasteiger partial charge in [-0.25, -0.2) is 0 Å². The molecule has 190 valence electrons. The number of unbranched alkanes of at least 4 members (excludes halogenated alkanes) is 7. The predicted molar refractivity (Wildman–Crippen MR) is 167 cm³/mol. The molecule has 0 N–H and O–H groups in total. The maximum absolute atomic E-state index is 2.34. The molecule has 6 aromatic rings. The van der Waals surface area contributed by atoms with E-state index in [1.54, 1.807) is 11.1 Å². The van der Waals surface area contributed by atoms with Crippen LogP contribution in [0.4, 0.5) is 0 Å². The van der Waals surface area contributed by atoms with Gasteiger partial charge in [0.15, 0.2) is 0 Å². The molecule has 6 aromatic carbocycles. The first kappa shape index (κ1) is 24.7. The lowest BCUT2D eigenvalue weighted by molar-refractivity contribution is 0.569. The molecular weight excluding hydrogens is 456 g/mol. The summed E-state index contributed by atoms with van der Waals surface area (Å²) in [6.07, 6.45) is 13.0. The van der Waals surface area contributed by atoms with Crippen LogP contribution < -0.4 is 0 Å². The monoisotopic (exact) mass is 494 g/mol. The van der Waals surface area contributed by atoms with E-state index in [0.717, 1.165) is 0 Å². The first-order valence-electron chi connectivity index (χ1n) is 14.7. The van der Waals surface area contributed by atoms with Gasteiger partial charge < -0.3 is 0 Å². The minimum atomic E-state index is 1.18. The fourth-order valence-electron chi connectivity index (χ4n) is 6.42. The maximum atomic E-state index is 2.34. The van der Waals surface area contributed by atoms with Crippen molar-refractivity contribution in [3.63, 3.8) is 0 Å². The van der Waals surface area contributed by atoms with Gasteiger partial charge in [0.05, 0.1) is 0 Å². The zero-order chi connectivity index (χ0) is 25.6. The van der Waals surface area contributed by atoms with Gasteiger partial charge in [-0.05, 0) is 92.0 Å². The van der Waals surface area contributed by atoms with Crippen LogP contribution in [0.5, 0.6) is 0 Å². The quantitative estimate of drug-likeness (QED) is 0.124. The number of hydrogen-bond acceptors (Lipinski definition) is 0. The van der Waals surface area contributed by atoms with Crippen molar-refractivity contribution in [1.82, 2.24) is 0 Å². The standard InChI is InChI=1S/C38H38/c1(3-5-7-25-37-33-21-13-9-17-29(33)27-30-18-10-14-22-34(30)37)2-4-6-8-26-38-35-23-15-11-19-31(35)28-32-20-12-16-24-36(32)38/h9-24,27-28H,1-8,25-26H2. The highest BCUT2D eigenvalue weighted by Gasteiger charge is 2.08. The topological polar surface area (TPSA) is 0 Å². The number of hydrogen-bond donors (Lipinski definition) is 0. The van der Waals surface area contributed by atoms with Gasteiger partial charge in [-0.2, -0.15) is 0 Å². The number of rotatable bonds is 11.